The molecule has 3 N–H and O–H groups in total. The highest BCUT2D eigenvalue weighted by Crippen LogP contribution is 2.15. The minimum Gasteiger partial charge on any atom is -0.357 e. The summed E-state index contributed by atoms with van der Waals surface area (Å²) in [6, 6.07) is 18.6. The van der Waals surface area contributed by atoms with Crippen molar-refractivity contribution in [2.75, 3.05) is 13.1 Å². The van der Waals surface area contributed by atoms with Crippen molar-refractivity contribution in [1.29, 1.82) is 0 Å². The zero-order valence-electron chi connectivity index (χ0n) is 14.9. The van der Waals surface area contributed by atoms with Gasteiger partial charge in [-0.1, -0.05) is 48.5 Å². The molecule has 0 saturated heterocycles. The molecule has 0 unspecified atom stereocenters. The second kappa shape index (κ2) is 9.36. The van der Waals surface area contributed by atoms with Crippen LogP contribution in [0, 0.1) is 0 Å². The first kappa shape index (κ1) is 17.7. The van der Waals surface area contributed by atoms with Crippen LogP contribution in [0.15, 0.2) is 65.9 Å². The van der Waals surface area contributed by atoms with Crippen molar-refractivity contribution < 1.29 is 0 Å². The Labute approximate surface area is 153 Å². The number of hydrogen-bond donors (Lipinski definition) is 3. The van der Waals surface area contributed by atoms with Crippen molar-refractivity contribution in [2.24, 2.45) is 4.99 Å². The molecule has 0 bridgehead atoms. The summed E-state index contributed by atoms with van der Waals surface area (Å²) in [6.07, 6.45) is 2.48. The van der Waals surface area contributed by atoms with E-state index in [0.717, 1.165) is 42.4 Å². The van der Waals surface area contributed by atoms with Crippen molar-refractivity contribution in [3.63, 3.8) is 0 Å². The van der Waals surface area contributed by atoms with E-state index >= 15 is 0 Å². The molecule has 0 aliphatic rings. The van der Waals surface area contributed by atoms with Gasteiger partial charge in [0.15, 0.2) is 11.8 Å². The van der Waals surface area contributed by atoms with E-state index < -0.39 is 0 Å². The Hall–Kier alpha value is -3.15. The van der Waals surface area contributed by atoms with E-state index in [1.165, 1.54) is 11.9 Å². The van der Waals surface area contributed by atoms with Crippen molar-refractivity contribution in [3.8, 4) is 11.4 Å². The Balaban J connectivity index is 1.59. The summed E-state index contributed by atoms with van der Waals surface area (Å²) in [5, 5.41) is 13.5. The normalized spacial score (nSPS) is 11.3. The van der Waals surface area contributed by atoms with Gasteiger partial charge in [0.1, 0.15) is 6.33 Å². The van der Waals surface area contributed by atoms with Crippen molar-refractivity contribution in [1.82, 2.24) is 25.8 Å². The van der Waals surface area contributed by atoms with Gasteiger partial charge in [-0.3, -0.25) is 5.10 Å². The molecular weight excluding hydrogens is 324 g/mol. The van der Waals surface area contributed by atoms with E-state index in [-0.39, 0.29) is 0 Å². The maximum atomic E-state index is 4.69. The summed E-state index contributed by atoms with van der Waals surface area (Å²) in [6.45, 7) is 4.34. The summed E-state index contributed by atoms with van der Waals surface area (Å²) in [4.78, 5) is 8.88. The zero-order valence-corrected chi connectivity index (χ0v) is 14.9. The lowest BCUT2D eigenvalue weighted by Gasteiger charge is -2.11. The minimum absolute atomic E-state index is 0.600. The average molecular weight is 348 g/mol. The number of H-pyrrole nitrogens is 1. The lowest BCUT2D eigenvalue weighted by atomic mass is 10.1. The van der Waals surface area contributed by atoms with Gasteiger partial charge >= 0.3 is 0 Å². The quantitative estimate of drug-likeness (QED) is 0.453. The highest BCUT2D eigenvalue weighted by atomic mass is 15.2. The molecule has 0 aliphatic carbocycles. The average Bonchev–Trinajstić information content (AvgIpc) is 3.22. The van der Waals surface area contributed by atoms with Crippen LogP contribution in [0.4, 0.5) is 0 Å². The first-order valence-electron chi connectivity index (χ1n) is 8.86. The number of hydrogen-bond acceptors (Lipinski definition) is 3. The number of aliphatic imine (C=N–C) groups is 1. The van der Waals surface area contributed by atoms with Crippen LogP contribution in [0.1, 0.15) is 18.1 Å². The number of guanidine groups is 1. The number of aromatic nitrogens is 3. The third-order valence-corrected chi connectivity index (χ3v) is 3.93. The smallest absolute Gasteiger partial charge is 0.191 e. The molecule has 1 heterocycles. The fraction of sp³-hybridized carbons (Fsp3) is 0.250. The lowest BCUT2D eigenvalue weighted by molar-refractivity contribution is 0.799. The number of aromatic amines is 1. The summed E-state index contributed by atoms with van der Waals surface area (Å²) in [5.41, 5.74) is 3.45. The molecule has 0 aliphatic heterocycles. The van der Waals surface area contributed by atoms with Gasteiger partial charge in [-0.15, -0.1) is 0 Å². The van der Waals surface area contributed by atoms with Crippen LogP contribution in [-0.4, -0.2) is 34.2 Å². The van der Waals surface area contributed by atoms with Gasteiger partial charge in [0.25, 0.3) is 0 Å². The molecular formula is C20H24N6. The third-order valence-electron chi connectivity index (χ3n) is 3.93. The molecule has 0 fully saturated rings. The number of nitrogens with zero attached hydrogens (tertiary/aromatic N) is 3. The van der Waals surface area contributed by atoms with Gasteiger partial charge in [-0.25, -0.2) is 9.98 Å². The fourth-order valence-electron chi connectivity index (χ4n) is 2.64. The predicted octanol–water partition coefficient (Wildman–Crippen LogP) is 2.77. The summed E-state index contributed by atoms with van der Waals surface area (Å²) >= 11 is 0. The standard InChI is InChI=1S/C20H24N6/c1-2-21-20(22-12-11-16-7-4-3-5-8-16)23-14-17-9-6-10-18(13-17)19-24-15-25-26-19/h3-10,13,15H,2,11-12,14H2,1H3,(H2,21,22,23)(H,24,25,26). The molecule has 6 nitrogen and oxygen atoms in total. The Morgan fingerprint density at radius 1 is 1.04 bits per heavy atom. The second-order valence-corrected chi connectivity index (χ2v) is 5.89. The molecule has 3 aromatic rings. The Kier molecular flexibility index (Phi) is 6.36. The van der Waals surface area contributed by atoms with Crippen LogP contribution in [0.3, 0.4) is 0 Å². The van der Waals surface area contributed by atoms with Gasteiger partial charge in [-0.2, -0.15) is 5.10 Å². The van der Waals surface area contributed by atoms with Gasteiger partial charge in [0, 0.05) is 18.7 Å². The van der Waals surface area contributed by atoms with Gasteiger partial charge in [0.05, 0.1) is 6.54 Å². The SMILES string of the molecule is CCNC(=NCc1cccc(-c2ncn[nH]2)c1)NCCc1ccccc1. The Bertz CT molecular complexity index is 811. The maximum absolute atomic E-state index is 4.69. The van der Waals surface area contributed by atoms with E-state index in [1.807, 2.05) is 18.2 Å². The molecule has 0 amide bonds. The van der Waals surface area contributed by atoms with E-state index in [9.17, 15) is 0 Å². The first-order valence-corrected chi connectivity index (χ1v) is 8.86. The van der Waals surface area contributed by atoms with Crippen LogP contribution in [0.2, 0.25) is 0 Å². The number of nitrogens with one attached hydrogen (secondary N) is 3. The van der Waals surface area contributed by atoms with E-state index in [4.69, 9.17) is 0 Å². The van der Waals surface area contributed by atoms with Crippen LogP contribution in [0.5, 0.6) is 0 Å². The van der Waals surface area contributed by atoms with Crippen LogP contribution >= 0.6 is 0 Å². The van der Waals surface area contributed by atoms with Gasteiger partial charge < -0.3 is 10.6 Å². The van der Waals surface area contributed by atoms with E-state index in [1.54, 1.807) is 0 Å². The lowest BCUT2D eigenvalue weighted by Crippen LogP contribution is -2.38. The first-order chi connectivity index (χ1) is 12.8. The molecule has 0 spiro atoms. The minimum atomic E-state index is 0.600. The zero-order chi connectivity index (χ0) is 18.0. The Morgan fingerprint density at radius 3 is 2.65 bits per heavy atom. The van der Waals surface area contributed by atoms with Crippen LogP contribution in [0.25, 0.3) is 11.4 Å². The topological polar surface area (TPSA) is 78.0 Å². The van der Waals surface area contributed by atoms with Crippen LogP contribution in [-0.2, 0) is 13.0 Å². The number of rotatable bonds is 7. The number of benzene rings is 2. The van der Waals surface area contributed by atoms with Gasteiger partial charge in [0.2, 0.25) is 0 Å². The molecule has 0 radical (unpaired) electrons. The van der Waals surface area contributed by atoms with Crippen LogP contribution < -0.4 is 10.6 Å². The third kappa shape index (κ3) is 5.17. The van der Waals surface area contributed by atoms with Crippen molar-refractivity contribution in [2.45, 2.75) is 19.9 Å². The Morgan fingerprint density at radius 2 is 1.88 bits per heavy atom. The molecule has 6 heteroatoms. The molecule has 134 valence electrons. The van der Waals surface area contributed by atoms with E-state index in [2.05, 4.69) is 74.1 Å². The highest BCUT2D eigenvalue weighted by molar-refractivity contribution is 5.79. The molecule has 3 rings (SSSR count). The molecule has 0 saturated carbocycles. The molecule has 26 heavy (non-hydrogen) atoms. The largest absolute Gasteiger partial charge is 0.357 e. The van der Waals surface area contributed by atoms with Gasteiger partial charge in [-0.05, 0) is 30.5 Å². The summed E-state index contributed by atoms with van der Waals surface area (Å²) in [7, 11) is 0. The molecule has 1 aromatic heterocycles. The highest BCUT2D eigenvalue weighted by Gasteiger charge is 2.02. The molecule has 0 atom stereocenters. The fourth-order valence-corrected chi connectivity index (χ4v) is 2.64. The molecule has 2 aromatic carbocycles. The monoisotopic (exact) mass is 348 g/mol. The van der Waals surface area contributed by atoms with Crippen molar-refractivity contribution in [3.05, 3.63) is 72.1 Å². The second-order valence-electron chi connectivity index (χ2n) is 5.89. The summed E-state index contributed by atoms with van der Waals surface area (Å²) in [5.74, 6) is 1.59. The summed E-state index contributed by atoms with van der Waals surface area (Å²) < 4.78 is 0. The predicted molar refractivity (Wildman–Crippen MR) is 105 cm³/mol. The maximum Gasteiger partial charge on any atom is 0.191 e. The van der Waals surface area contributed by atoms with E-state index in [0.29, 0.717) is 6.54 Å². The van der Waals surface area contributed by atoms with Crippen molar-refractivity contribution >= 4 is 5.96 Å².